The van der Waals surface area contributed by atoms with Gasteiger partial charge in [0, 0.05) is 16.2 Å². The predicted octanol–water partition coefficient (Wildman–Crippen LogP) is 3.81. The molecule has 0 saturated heterocycles. The van der Waals surface area contributed by atoms with Gasteiger partial charge >= 0.3 is 5.97 Å². The fourth-order valence-corrected chi connectivity index (χ4v) is 3.33. The molecule has 0 atom stereocenters. The lowest BCUT2D eigenvalue weighted by molar-refractivity contribution is -0.130. The van der Waals surface area contributed by atoms with Crippen LogP contribution >= 0.6 is 22.3 Å². The van der Waals surface area contributed by atoms with Crippen LogP contribution in [0.5, 0.6) is 0 Å². The molecule has 22 heavy (non-hydrogen) atoms. The Hall–Kier alpha value is -1.82. The Kier molecular flexibility index (Phi) is 4.90. The SMILES string of the molecule is O=C(O)C(=C(Cl)c1ccccc1)c1ccccc1S(=O)(=O)Cl. The number of benzene rings is 2. The minimum absolute atomic E-state index is 0.0566. The van der Waals surface area contributed by atoms with E-state index in [0.717, 1.165) is 0 Å². The van der Waals surface area contributed by atoms with Crippen molar-refractivity contribution in [2.75, 3.05) is 0 Å². The third-order valence-corrected chi connectivity index (χ3v) is 4.67. The molecule has 0 unspecified atom stereocenters. The summed E-state index contributed by atoms with van der Waals surface area (Å²) in [6.07, 6.45) is 0. The van der Waals surface area contributed by atoms with Crippen molar-refractivity contribution in [2.45, 2.75) is 4.90 Å². The molecule has 0 radical (unpaired) electrons. The van der Waals surface area contributed by atoms with Gasteiger partial charge in [0.25, 0.3) is 9.05 Å². The van der Waals surface area contributed by atoms with Crippen LogP contribution in [0.4, 0.5) is 0 Å². The number of carboxylic acids is 1. The molecule has 7 heteroatoms. The molecule has 2 aromatic carbocycles. The number of halogens is 2. The summed E-state index contributed by atoms with van der Waals surface area (Å²) < 4.78 is 23.3. The van der Waals surface area contributed by atoms with E-state index >= 15 is 0 Å². The Labute approximate surface area is 137 Å². The van der Waals surface area contributed by atoms with Crippen molar-refractivity contribution >= 4 is 47.9 Å². The van der Waals surface area contributed by atoms with Gasteiger partial charge in [0.1, 0.15) is 0 Å². The van der Waals surface area contributed by atoms with Gasteiger partial charge in [-0.2, -0.15) is 0 Å². The predicted molar refractivity (Wildman–Crippen MR) is 86.2 cm³/mol. The van der Waals surface area contributed by atoms with Crippen molar-refractivity contribution in [3.05, 3.63) is 65.7 Å². The van der Waals surface area contributed by atoms with Crippen molar-refractivity contribution in [2.24, 2.45) is 0 Å². The van der Waals surface area contributed by atoms with Gasteiger partial charge in [-0.05, 0) is 11.6 Å². The first-order valence-corrected chi connectivity index (χ1v) is 8.73. The Morgan fingerprint density at radius 2 is 1.50 bits per heavy atom. The molecule has 0 aliphatic carbocycles. The highest BCUT2D eigenvalue weighted by Crippen LogP contribution is 2.34. The molecular weight excluding hydrogens is 347 g/mol. The molecule has 0 amide bonds. The topological polar surface area (TPSA) is 71.4 Å². The van der Waals surface area contributed by atoms with Crippen LogP contribution in [0.15, 0.2) is 59.5 Å². The fourth-order valence-electron chi connectivity index (χ4n) is 1.94. The van der Waals surface area contributed by atoms with E-state index in [1.807, 2.05) is 0 Å². The van der Waals surface area contributed by atoms with E-state index in [-0.39, 0.29) is 21.1 Å². The van der Waals surface area contributed by atoms with Crippen LogP contribution in [0.3, 0.4) is 0 Å². The summed E-state index contributed by atoms with van der Waals surface area (Å²) >= 11 is 6.18. The van der Waals surface area contributed by atoms with Crippen molar-refractivity contribution in [1.82, 2.24) is 0 Å². The van der Waals surface area contributed by atoms with Crippen LogP contribution in [-0.4, -0.2) is 19.5 Å². The number of rotatable bonds is 4. The lowest BCUT2D eigenvalue weighted by Crippen LogP contribution is -2.06. The van der Waals surface area contributed by atoms with Gasteiger partial charge in [0.2, 0.25) is 0 Å². The zero-order valence-corrected chi connectivity index (χ0v) is 13.4. The maximum atomic E-state index is 11.6. The Morgan fingerprint density at radius 3 is 2.05 bits per heavy atom. The minimum atomic E-state index is -4.11. The number of hydrogen-bond donors (Lipinski definition) is 1. The molecule has 0 aliphatic rings. The van der Waals surface area contributed by atoms with Crippen LogP contribution in [0.25, 0.3) is 10.6 Å². The summed E-state index contributed by atoms with van der Waals surface area (Å²) in [6, 6.07) is 14.0. The van der Waals surface area contributed by atoms with E-state index in [9.17, 15) is 18.3 Å². The van der Waals surface area contributed by atoms with Crippen molar-refractivity contribution in [3.63, 3.8) is 0 Å². The molecule has 0 fully saturated rings. The molecule has 0 bridgehead atoms. The Balaban J connectivity index is 2.79. The number of aliphatic carboxylic acids is 1. The van der Waals surface area contributed by atoms with Gasteiger partial charge in [0.05, 0.1) is 15.5 Å². The first-order chi connectivity index (χ1) is 10.3. The lowest BCUT2D eigenvalue weighted by atomic mass is 10.0. The van der Waals surface area contributed by atoms with Gasteiger partial charge in [-0.3, -0.25) is 0 Å². The summed E-state index contributed by atoms with van der Waals surface area (Å²) in [4.78, 5) is 11.3. The van der Waals surface area contributed by atoms with Gasteiger partial charge in [-0.1, -0.05) is 60.1 Å². The summed E-state index contributed by atoms with van der Waals surface area (Å²) in [7, 11) is 1.27. The van der Waals surface area contributed by atoms with Gasteiger partial charge in [-0.15, -0.1) is 0 Å². The van der Waals surface area contributed by atoms with Crippen molar-refractivity contribution < 1.29 is 18.3 Å². The van der Waals surface area contributed by atoms with Crippen LogP contribution in [0.2, 0.25) is 0 Å². The fraction of sp³-hybridized carbons (Fsp3) is 0. The van der Waals surface area contributed by atoms with E-state index in [2.05, 4.69) is 0 Å². The Bertz CT molecular complexity index is 843. The Morgan fingerprint density at radius 1 is 0.955 bits per heavy atom. The van der Waals surface area contributed by atoms with E-state index in [0.29, 0.717) is 5.56 Å². The smallest absolute Gasteiger partial charge is 0.337 e. The molecule has 2 rings (SSSR count). The second-order valence-electron chi connectivity index (χ2n) is 4.29. The summed E-state index contributed by atoms with van der Waals surface area (Å²) in [5.74, 6) is -1.35. The normalized spacial score (nSPS) is 12.6. The first kappa shape index (κ1) is 16.5. The average molecular weight is 357 g/mol. The quantitative estimate of drug-likeness (QED) is 0.513. The molecule has 114 valence electrons. The average Bonchev–Trinajstić information content (AvgIpc) is 2.47. The van der Waals surface area contributed by atoms with Crippen LogP contribution < -0.4 is 0 Å². The monoisotopic (exact) mass is 356 g/mol. The number of carbonyl (C=O) groups is 1. The largest absolute Gasteiger partial charge is 0.478 e. The van der Waals surface area contributed by atoms with Gasteiger partial charge in [0.15, 0.2) is 0 Å². The van der Waals surface area contributed by atoms with Crippen LogP contribution in [0.1, 0.15) is 11.1 Å². The summed E-state index contributed by atoms with van der Waals surface area (Å²) in [5, 5.41) is 9.40. The molecule has 0 heterocycles. The molecule has 1 N–H and O–H groups in total. The van der Waals surface area contributed by atoms with E-state index in [1.165, 1.54) is 24.3 Å². The number of hydrogen-bond acceptors (Lipinski definition) is 3. The van der Waals surface area contributed by atoms with Crippen LogP contribution in [0, 0.1) is 0 Å². The lowest BCUT2D eigenvalue weighted by Gasteiger charge is -2.10. The molecular formula is C15H10Cl2O4S. The first-order valence-electron chi connectivity index (χ1n) is 6.05. The highest BCUT2D eigenvalue weighted by Gasteiger charge is 2.24. The van der Waals surface area contributed by atoms with Crippen molar-refractivity contribution in [3.8, 4) is 0 Å². The molecule has 4 nitrogen and oxygen atoms in total. The second kappa shape index (κ2) is 6.52. The molecule has 0 aromatic heterocycles. The van der Waals surface area contributed by atoms with Crippen LogP contribution in [-0.2, 0) is 13.8 Å². The third-order valence-electron chi connectivity index (χ3n) is 2.88. The standard InChI is InChI=1S/C15H10Cl2O4S/c16-14(10-6-2-1-3-7-10)13(15(18)19)11-8-4-5-9-12(11)22(17,20)21/h1-9H,(H,18,19). The highest BCUT2D eigenvalue weighted by atomic mass is 35.7. The van der Waals surface area contributed by atoms with Crippen molar-refractivity contribution in [1.29, 1.82) is 0 Å². The second-order valence-corrected chi connectivity index (χ2v) is 7.21. The van der Waals surface area contributed by atoms with E-state index in [4.69, 9.17) is 22.3 Å². The van der Waals surface area contributed by atoms with E-state index < -0.39 is 15.0 Å². The zero-order valence-electron chi connectivity index (χ0n) is 11.0. The third kappa shape index (κ3) is 3.50. The maximum Gasteiger partial charge on any atom is 0.337 e. The van der Waals surface area contributed by atoms with E-state index in [1.54, 1.807) is 30.3 Å². The van der Waals surface area contributed by atoms with Gasteiger partial charge < -0.3 is 5.11 Å². The summed E-state index contributed by atoms with van der Waals surface area (Å²) in [6.45, 7) is 0. The minimum Gasteiger partial charge on any atom is -0.478 e. The highest BCUT2D eigenvalue weighted by molar-refractivity contribution is 8.13. The maximum absolute atomic E-state index is 11.6. The van der Waals surface area contributed by atoms with Gasteiger partial charge in [-0.25, -0.2) is 13.2 Å². The molecule has 0 saturated carbocycles. The number of carboxylic acid groups (broad SMARTS) is 1. The molecule has 0 aliphatic heterocycles. The molecule has 2 aromatic rings. The summed E-state index contributed by atoms with van der Waals surface area (Å²) in [5.41, 5.74) is 0.0786. The molecule has 0 spiro atoms. The zero-order chi connectivity index (χ0) is 16.3.